The number of pyridine rings is 1. The smallest absolute Gasteiger partial charge is 0.273 e. The van der Waals surface area contributed by atoms with Gasteiger partial charge in [0, 0.05) is 24.7 Å². The van der Waals surface area contributed by atoms with Crippen molar-refractivity contribution in [2.45, 2.75) is 0 Å². The highest BCUT2D eigenvalue weighted by molar-refractivity contribution is 7.14. The van der Waals surface area contributed by atoms with Gasteiger partial charge in [0.15, 0.2) is 5.13 Å². The van der Waals surface area contributed by atoms with Gasteiger partial charge in [-0.3, -0.25) is 14.6 Å². The van der Waals surface area contributed by atoms with Crippen LogP contribution in [0, 0.1) is 0 Å². The summed E-state index contributed by atoms with van der Waals surface area (Å²) in [7, 11) is 0. The van der Waals surface area contributed by atoms with E-state index in [0.717, 1.165) is 5.69 Å². The van der Waals surface area contributed by atoms with Gasteiger partial charge >= 0.3 is 0 Å². The second-order valence-corrected chi connectivity index (χ2v) is 5.34. The number of anilines is 2. The third kappa shape index (κ3) is 3.16. The zero-order valence-electron chi connectivity index (χ0n) is 11.1. The van der Waals surface area contributed by atoms with Crippen molar-refractivity contribution < 1.29 is 9.59 Å². The quantitative estimate of drug-likeness (QED) is 0.878. The van der Waals surface area contributed by atoms with Crippen molar-refractivity contribution in [1.82, 2.24) is 20.2 Å². The van der Waals surface area contributed by atoms with Crippen molar-refractivity contribution in [3.63, 3.8) is 0 Å². The monoisotopic (exact) mass is 303 g/mol. The summed E-state index contributed by atoms with van der Waals surface area (Å²) in [5.41, 5.74) is 1.16. The van der Waals surface area contributed by atoms with Gasteiger partial charge < -0.3 is 15.5 Å². The highest BCUT2D eigenvalue weighted by Crippen LogP contribution is 2.21. The van der Waals surface area contributed by atoms with Crippen LogP contribution in [0.25, 0.3) is 0 Å². The zero-order chi connectivity index (χ0) is 14.7. The van der Waals surface area contributed by atoms with Crippen LogP contribution in [-0.2, 0) is 4.79 Å². The van der Waals surface area contributed by atoms with Crippen molar-refractivity contribution in [2.24, 2.45) is 0 Å². The fraction of sp³-hybridized carbons (Fsp3) is 0.231. The molecule has 0 aliphatic carbocycles. The van der Waals surface area contributed by atoms with Crippen molar-refractivity contribution in [3.05, 3.63) is 35.6 Å². The molecule has 1 saturated heterocycles. The summed E-state index contributed by atoms with van der Waals surface area (Å²) < 4.78 is 0. The first kappa shape index (κ1) is 13.5. The van der Waals surface area contributed by atoms with Crippen LogP contribution in [0.4, 0.5) is 10.8 Å². The standard InChI is InChI=1S/C13H13N5O2S/c19-11-7-18(5-4-15-11)12(20)10-8-21-13(17-10)16-9-2-1-3-14-6-9/h1-3,6,8H,4-5,7H2,(H,15,19)(H,16,17). The Morgan fingerprint density at radius 3 is 3.14 bits per heavy atom. The Hall–Kier alpha value is -2.48. The Morgan fingerprint density at radius 2 is 2.38 bits per heavy atom. The summed E-state index contributed by atoms with van der Waals surface area (Å²) in [6.45, 7) is 1.07. The fourth-order valence-corrected chi connectivity index (χ4v) is 2.67. The minimum atomic E-state index is -0.222. The van der Waals surface area contributed by atoms with Crippen LogP contribution >= 0.6 is 11.3 Å². The summed E-state index contributed by atoms with van der Waals surface area (Å²) in [5, 5.41) is 8.08. The van der Waals surface area contributed by atoms with Gasteiger partial charge in [0.05, 0.1) is 18.4 Å². The number of carbonyl (C=O) groups excluding carboxylic acids is 2. The second-order valence-electron chi connectivity index (χ2n) is 4.48. The largest absolute Gasteiger partial charge is 0.353 e. The fourth-order valence-electron chi connectivity index (χ4n) is 1.96. The lowest BCUT2D eigenvalue weighted by molar-refractivity contribution is -0.123. The number of nitrogens with one attached hydrogen (secondary N) is 2. The van der Waals surface area contributed by atoms with Crippen LogP contribution in [0.3, 0.4) is 0 Å². The molecule has 2 aromatic heterocycles. The molecular formula is C13H13N5O2S. The molecule has 0 radical (unpaired) electrons. The van der Waals surface area contributed by atoms with Crippen molar-refractivity contribution in [1.29, 1.82) is 0 Å². The Morgan fingerprint density at radius 1 is 1.48 bits per heavy atom. The molecular weight excluding hydrogens is 290 g/mol. The summed E-state index contributed by atoms with van der Waals surface area (Å²) in [5.74, 6) is -0.362. The number of thiazole rings is 1. The lowest BCUT2D eigenvalue weighted by atomic mass is 10.3. The van der Waals surface area contributed by atoms with E-state index in [1.165, 1.54) is 16.2 Å². The maximum Gasteiger partial charge on any atom is 0.273 e. The molecule has 0 spiro atoms. The number of hydrogen-bond donors (Lipinski definition) is 2. The van der Waals surface area contributed by atoms with Gasteiger partial charge in [0.25, 0.3) is 5.91 Å². The van der Waals surface area contributed by atoms with Crippen LogP contribution in [0.5, 0.6) is 0 Å². The van der Waals surface area contributed by atoms with E-state index in [1.807, 2.05) is 12.1 Å². The first-order chi connectivity index (χ1) is 10.2. The molecule has 7 nitrogen and oxygen atoms in total. The molecule has 108 valence electrons. The van der Waals surface area contributed by atoms with Gasteiger partial charge in [-0.2, -0.15) is 0 Å². The number of hydrogen-bond acceptors (Lipinski definition) is 6. The average Bonchev–Trinajstić information content (AvgIpc) is 2.96. The Balaban J connectivity index is 1.69. The first-order valence-corrected chi connectivity index (χ1v) is 7.29. The number of amides is 2. The zero-order valence-corrected chi connectivity index (χ0v) is 11.9. The molecule has 1 aliphatic heterocycles. The molecule has 8 heteroatoms. The third-order valence-corrected chi connectivity index (χ3v) is 3.72. The molecule has 0 bridgehead atoms. The van der Waals surface area contributed by atoms with Gasteiger partial charge in [-0.25, -0.2) is 4.98 Å². The molecule has 2 N–H and O–H groups in total. The molecule has 21 heavy (non-hydrogen) atoms. The van der Waals surface area contributed by atoms with Crippen LogP contribution in [0.2, 0.25) is 0 Å². The number of piperazine rings is 1. The molecule has 0 saturated carbocycles. The first-order valence-electron chi connectivity index (χ1n) is 6.41. The van der Waals surface area contributed by atoms with E-state index in [2.05, 4.69) is 20.6 Å². The van der Waals surface area contributed by atoms with Gasteiger partial charge in [-0.05, 0) is 12.1 Å². The molecule has 0 unspecified atom stereocenters. The van der Waals surface area contributed by atoms with Crippen LogP contribution in [0.1, 0.15) is 10.5 Å². The van der Waals surface area contributed by atoms with E-state index in [9.17, 15) is 9.59 Å². The summed E-state index contributed by atoms with van der Waals surface area (Å²) >= 11 is 1.34. The minimum absolute atomic E-state index is 0.0850. The third-order valence-electron chi connectivity index (χ3n) is 2.96. The SMILES string of the molecule is O=C1CN(C(=O)c2csc(Nc3cccnc3)n2)CCN1. The van der Waals surface area contributed by atoms with Crippen LogP contribution < -0.4 is 10.6 Å². The summed E-state index contributed by atoms with van der Waals surface area (Å²) in [4.78, 5) is 33.3. The molecule has 3 rings (SSSR count). The predicted molar refractivity (Wildman–Crippen MR) is 78.5 cm³/mol. The Bertz CT molecular complexity index is 658. The van der Waals surface area contributed by atoms with Gasteiger partial charge in [-0.15, -0.1) is 11.3 Å². The molecule has 1 fully saturated rings. The maximum absolute atomic E-state index is 12.3. The Labute approximate surface area is 125 Å². The Kier molecular flexibility index (Phi) is 3.78. The topological polar surface area (TPSA) is 87.2 Å². The number of carbonyl (C=O) groups is 2. The lowest BCUT2D eigenvalue weighted by Crippen LogP contribution is -2.50. The van der Waals surface area contributed by atoms with E-state index in [-0.39, 0.29) is 18.4 Å². The molecule has 0 atom stereocenters. The average molecular weight is 303 g/mol. The normalized spacial score (nSPS) is 14.7. The molecule has 2 aromatic rings. The molecule has 1 aliphatic rings. The number of aromatic nitrogens is 2. The van der Waals surface area contributed by atoms with Gasteiger partial charge in [0.2, 0.25) is 5.91 Å². The summed E-state index contributed by atoms with van der Waals surface area (Å²) in [6.07, 6.45) is 3.36. The van der Waals surface area contributed by atoms with Crippen molar-refractivity contribution in [3.8, 4) is 0 Å². The molecule has 3 heterocycles. The van der Waals surface area contributed by atoms with Crippen molar-refractivity contribution in [2.75, 3.05) is 25.0 Å². The van der Waals surface area contributed by atoms with Crippen molar-refractivity contribution >= 4 is 34.0 Å². The minimum Gasteiger partial charge on any atom is -0.353 e. The predicted octanol–water partition coefficient (Wildman–Crippen LogP) is 0.854. The van der Waals surface area contributed by atoms with E-state index < -0.39 is 0 Å². The van der Waals surface area contributed by atoms with Gasteiger partial charge in [0.1, 0.15) is 5.69 Å². The highest BCUT2D eigenvalue weighted by atomic mass is 32.1. The van der Waals surface area contributed by atoms with E-state index in [1.54, 1.807) is 17.8 Å². The molecule has 2 amide bonds. The molecule has 0 aromatic carbocycles. The van der Waals surface area contributed by atoms with E-state index in [0.29, 0.717) is 23.9 Å². The maximum atomic E-state index is 12.3. The number of nitrogens with zero attached hydrogens (tertiary/aromatic N) is 3. The lowest BCUT2D eigenvalue weighted by Gasteiger charge is -2.25. The highest BCUT2D eigenvalue weighted by Gasteiger charge is 2.24. The summed E-state index contributed by atoms with van der Waals surface area (Å²) in [6, 6.07) is 3.68. The van der Waals surface area contributed by atoms with E-state index >= 15 is 0 Å². The number of rotatable bonds is 3. The van der Waals surface area contributed by atoms with Gasteiger partial charge in [-0.1, -0.05) is 0 Å². The van der Waals surface area contributed by atoms with E-state index in [4.69, 9.17) is 0 Å². The second kappa shape index (κ2) is 5.88. The van der Waals surface area contributed by atoms with Crippen LogP contribution in [0.15, 0.2) is 29.9 Å². The van der Waals surface area contributed by atoms with Crippen LogP contribution in [-0.4, -0.2) is 46.3 Å².